The molecule has 0 bridgehead atoms. The number of hydrogen-bond acceptors (Lipinski definition) is 5. The first-order valence-corrected chi connectivity index (χ1v) is 8.05. The fraction of sp³-hybridized carbons (Fsp3) is 0.312. The number of likely N-dealkylation sites (N-methyl/N-ethyl adjacent to an activating group) is 1. The summed E-state index contributed by atoms with van der Waals surface area (Å²) in [5, 5.41) is 11.1. The van der Waals surface area contributed by atoms with Gasteiger partial charge < -0.3 is 10.0 Å². The highest BCUT2D eigenvalue weighted by atomic mass is 79.9. The van der Waals surface area contributed by atoms with Crippen molar-refractivity contribution in [3.8, 4) is 0 Å². The number of aliphatic hydroxyl groups is 1. The number of hydrogen-bond donors (Lipinski definition) is 2. The van der Waals surface area contributed by atoms with E-state index in [2.05, 4.69) is 21.2 Å². The third kappa shape index (κ3) is 3.49. The molecule has 0 spiro atoms. The van der Waals surface area contributed by atoms with Crippen molar-refractivity contribution < 1.29 is 19.5 Å². The van der Waals surface area contributed by atoms with Crippen molar-refractivity contribution in [1.29, 1.82) is 0 Å². The lowest BCUT2D eigenvalue weighted by molar-refractivity contribution is -0.122. The third-order valence-electron chi connectivity index (χ3n) is 3.62. The number of aryl methyl sites for hydroxylation is 2. The van der Waals surface area contributed by atoms with Gasteiger partial charge in [0.15, 0.2) is 0 Å². The second kappa shape index (κ2) is 7.14. The van der Waals surface area contributed by atoms with Crippen LogP contribution in [0.25, 0.3) is 0 Å². The minimum Gasteiger partial charge on any atom is -0.395 e. The molecule has 1 saturated heterocycles. The summed E-state index contributed by atoms with van der Waals surface area (Å²) in [6, 6.07) is 2.74. The summed E-state index contributed by atoms with van der Waals surface area (Å²) < 4.78 is 0.864. The van der Waals surface area contributed by atoms with Crippen LogP contribution in [0.1, 0.15) is 11.1 Å². The van der Waals surface area contributed by atoms with Gasteiger partial charge >= 0.3 is 6.03 Å². The summed E-state index contributed by atoms with van der Waals surface area (Å²) in [6.45, 7) is 3.76. The summed E-state index contributed by atoms with van der Waals surface area (Å²) in [5.41, 5.74) is 1.83. The maximum absolute atomic E-state index is 12.7. The van der Waals surface area contributed by atoms with Crippen LogP contribution in [0, 0.1) is 13.8 Å². The third-order valence-corrected chi connectivity index (χ3v) is 4.48. The molecule has 24 heavy (non-hydrogen) atoms. The van der Waals surface area contributed by atoms with Gasteiger partial charge in [0.05, 0.1) is 12.3 Å². The molecule has 1 fully saturated rings. The number of aliphatic hydroxyl groups excluding tert-OH is 1. The number of rotatable bonds is 4. The zero-order chi connectivity index (χ0) is 18.0. The van der Waals surface area contributed by atoms with Crippen LogP contribution in [0.2, 0.25) is 0 Å². The second-order valence-electron chi connectivity index (χ2n) is 5.53. The molecule has 1 aromatic carbocycles. The van der Waals surface area contributed by atoms with Crippen molar-refractivity contribution >= 4 is 39.5 Å². The van der Waals surface area contributed by atoms with Crippen LogP contribution in [-0.4, -0.2) is 48.1 Å². The van der Waals surface area contributed by atoms with Crippen LogP contribution in [0.15, 0.2) is 28.4 Å². The molecule has 0 atom stereocenters. The van der Waals surface area contributed by atoms with Crippen molar-refractivity contribution in [3.05, 3.63) is 39.5 Å². The van der Waals surface area contributed by atoms with Gasteiger partial charge in [-0.05, 0) is 37.1 Å². The molecule has 1 aromatic rings. The zero-order valence-electron chi connectivity index (χ0n) is 13.6. The van der Waals surface area contributed by atoms with Gasteiger partial charge in [0.2, 0.25) is 0 Å². The number of amides is 4. The minimum atomic E-state index is -0.781. The van der Waals surface area contributed by atoms with E-state index in [4.69, 9.17) is 5.11 Å². The maximum Gasteiger partial charge on any atom is 0.335 e. The molecule has 1 heterocycles. The van der Waals surface area contributed by atoms with Crippen molar-refractivity contribution in [2.45, 2.75) is 13.8 Å². The highest BCUT2D eigenvalue weighted by molar-refractivity contribution is 9.10. The number of barbiturate groups is 1. The highest BCUT2D eigenvalue weighted by Gasteiger charge is 2.37. The van der Waals surface area contributed by atoms with Crippen LogP contribution in [0.4, 0.5) is 10.5 Å². The summed E-state index contributed by atoms with van der Waals surface area (Å²) >= 11 is 3.41. The van der Waals surface area contributed by atoms with Crippen molar-refractivity contribution in [2.75, 3.05) is 25.1 Å². The van der Waals surface area contributed by atoms with Gasteiger partial charge in [-0.25, -0.2) is 9.69 Å². The van der Waals surface area contributed by atoms with Crippen molar-refractivity contribution in [2.24, 2.45) is 0 Å². The first-order chi connectivity index (χ1) is 11.3. The van der Waals surface area contributed by atoms with E-state index in [-0.39, 0.29) is 18.7 Å². The molecule has 4 amide bonds. The van der Waals surface area contributed by atoms with E-state index >= 15 is 0 Å². The fourth-order valence-corrected chi connectivity index (χ4v) is 2.77. The molecular weight excluding hydrogens is 378 g/mol. The molecule has 2 N–H and O–H groups in total. The Balaban J connectivity index is 2.47. The lowest BCUT2D eigenvalue weighted by Gasteiger charge is -2.28. The second-order valence-corrected chi connectivity index (χ2v) is 6.39. The van der Waals surface area contributed by atoms with E-state index in [1.807, 2.05) is 13.0 Å². The number of benzene rings is 1. The SMILES string of the molecule is Cc1cc(N2C(=O)NC(=O)/C(=C\N(C)CCO)C2=O)c(C)cc1Br. The number of nitrogens with zero attached hydrogens (tertiary/aromatic N) is 2. The first kappa shape index (κ1) is 18.2. The molecular formula is C16H18BrN3O4. The van der Waals surface area contributed by atoms with Crippen LogP contribution >= 0.6 is 15.9 Å². The molecule has 1 aliphatic heterocycles. The van der Waals surface area contributed by atoms with Gasteiger partial charge in [-0.1, -0.05) is 15.9 Å². The van der Waals surface area contributed by atoms with Crippen molar-refractivity contribution in [1.82, 2.24) is 10.2 Å². The summed E-state index contributed by atoms with van der Waals surface area (Å²) in [7, 11) is 1.62. The van der Waals surface area contributed by atoms with Gasteiger partial charge in [0.1, 0.15) is 5.57 Å². The summed E-state index contributed by atoms with van der Waals surface area (Å²) in [5.74, 6) is -1.45. The zero-order valence-corrected chi connectivity index (χ0v) is 15.2. The van der Waals surface area contributed by atoms with Crippen LogP contribution in [-0.2, 0) is 9.59 Å². The van der Waals surface area contributed by atoms with Crippen LogP contribution < -0.4 is 10.2 Å². The number of carbonyl (C=O) groups excluding carboxylic acids is 3. The average Bonchev–Trinajstić information content (AvgIpc) is 2.49. The van der Waals surface area contributed by atoms with Crippen molar-refractivity contribution in [3.63, 3.8) is 0 Å². The van der Waals surface area contributed by atoms with Crippen LogP contribution in [0.5, 0.6) is 0 Å². The number of imide groups is 2. The Morgan fingerprint density at radius 3 is 2.54 bits per heavy atom. The van der Waals surface area contributed by atoms with E-state index in [0.717, 1.165) is 14.9 Å². The standard InChI is InChI=1S/C16H18BrN3O4/c1-9-7-13(10(2)6-12(9)17)20-15(23)11(8-19(3)4-5-21)14(22)18-16(20)24/h6-8,21H,4-5H2,1-3H3,(H,18,22,24)/b11-8+. The smallest absolute Gasteiger partial charge is 0.335 e. The largest absolute Gasteiger partial charge is 0.395 e. The summed E-state index contributed by atoms with van der Waals surface area (Å²) in [4.78, 5) is 39.4. The van der Waals surface area contributed by atoms with Gasteiger partial charge in [0, 0.05) is 24.3 Å². The quantitative estimate of drug-likeness (QED) is 0.594. The number of anilines is 1. The molecule has 2 rings (SSSR count). The Morgan fingerprint density at radius 1 is 1.25 bits per heavy atom. The molecule has 0 aliphatic carbocycles. The average molecular weight is 396 g/mol. The Bertz CT molecular complexity index is 745. The monoisotopic (exact) mass is 395 g/mol. The van der Waals surface area contributed by atoms with E-state index < -0.39 is 17.8 Å². The Morgan fingerprint density at radius 2 is 1.92 bits per heavy atom. The Kier molecular flexibility index (Phi) is 5.40. The fourth-order valence-electron chi connectivity index (χ4n) is 2.31. The lowest BCUT2D eigenvalue weighted by Crippen LogP contribution is -2.55. The first-order valence-electron chi connectivity index (χ1n) is 7.25. The number of carbonyl (C=O) groups is 3. The molecule has 0 unspecified atom stereocenters. The normalized spacial score (nSPS) is 16.6. The van der Waals surface area contributed by atoms with Crippen LogP contribution in [0.3, 0.4) is 0 Å². The number of nitrogens with one attached hydrogen (secondary N) is 1. The molecule has 8 heteroatoms. The predicted octanol–water partition coefficient (Wildman–Crippen LogP) is 1.46. The number of urea groups is 1. The Labute approximate surface area is 148 Å². The van der Waals surface area contributed by atoms with Gasteiger partial charge in [-0.2, -0.15) is 0 Å². The van der Waals surface area contributed by atoms with Gasteiger partial charge in [-0.3, -0.25) is 14.9 Å². The van der Waals surface area contributed by atoms with E-state index in [9.17, 15) is 14.4 Å². The topological polar surface area (TPSA) is 90.0 Å². The lowest BCUT2D eigenvalue weighted by atomic mass is 10.1. The molecule has 0 aromatic heterocycles. The molecule has 0 saturated carbocycles. The maximum atomic E-state index is 12.7. The molecule has 1 aliphatic rings. The van der Waals surface area contributed by atoms with E-state index in [1.54, 1.807) is 20.0 Å². The van der Waals surface area contributed by atoms with E-state index in [0.29, 0.717) is 11.3 Å². The van der Waals surface area contributed by atoms with E-state index in [1.165, 1.54) is 11.1 Å². The predicted molar refractivity (Wildman–Crippen MR) is 92.4 cm³/mol. The molecule has 128 valence electrons. The van der Waals surface area contributed by atoms with Gasteiger partial charge in [0.25, 0.3) is 11.8 Å². The molecule has 0 radical (unpaired) electrons. The molecule has 7 nitrogen and oxygen atoms in total. The number of halogens is 1. The Hall–Kier alpha value is -2.19. The minimum absolute atomic E-state index is 0.121. The van der Waals surface area contributed by atoms with Gasteiger partial charge in [-0.15, -0.1) is 0 Å². The summed E-state index contributed by atoms with van der Waals surface area (Å²) in [6.07, 6.45) is 1.33. The highest BCUT2D eigenvalue weighted by Crippen LogP contribution is 2.29.